The van der Waals surface area contributed by atoms with Crippen molar-refractivity contribution in [1.29, 1.82) is 0 Å². The van der Waals surface area contributed by atoms with Gasteiger partial charge in [-0.25, -0.2) is 0 Å². The van der Waals surface area contributed by atoms with Crippen LogP contribution in [0.4, 0.5) is 22.0 Å². The summed E-state index contributed by atoms with van der Waals surface area (Å²) in [6.07, 6.45) is -8.32. The summed E-state index contributed by atoms with van der Waals surface area (Å²) in [4.78, 5) is 48.8. The number of fused-ring (bicyclic) bond motifs is 5. The highest BCUT2D eigenvalue weighted by Crippen LogP contribution is 2.65. The van der Waals surface area contributed by atoms with E-state index in [0.717, 1.165) is 6.42 Å². The number of carbonyl (C=O) groups is 4. The van der Waals surface area contributed by atoms with E-state index in [0.29, 0.717) is 38.5 Å². The molecule has 4 aliphatic rings. The normalized spacial score (nSPS) is 35.9. The van der Waals surface area contributed by atoms with E-state index in [9.17, 15) is 49.5 Å². The number of rotatable bonds is 10. The summed E-state index contributed by atoms with van der Waals surface area (Å²) in [6.45, 7) is 7.92. The molecule has 280 valence electrons. The number of carbonyl (C=O) groups excluding carboxylic acids is 4. The summed E-state index contributed by atoms with van der Waals surface area (Å²) >= 11 is 0. The fourth-order valence-electron chi connectivity index (χ4n) is 9.76. The number of ether oxygens (including phenoxy) is 4. The van der Waals surface area contributed by atoms with Gasteiger partial charge in [0.05, 0.1) is 0 Å². The van der Waals surface area contributed by atoms with E-state index in [-0.39, 0.29) is 59.4 Å². The lowest BCUT2D eigenvalue weighted by atomic mass is 9.45. The SMILES string of the molecule is CC(=O)O[C@@H]1CC[C@@]2(C)[C@@H](C1)C[C@@H](OC(C)=O)[C@H]1[C@@H]3CC[C@H](C(C)CCC(=O)OC(C(F)(F)F)C(F)(F)S(=O)(=O)O)[C@H]3[C@@H](OC(C)=O)C[C@@H]12. The van der Waals surface area contributed by atoms with Crippen LogP contribution < -0.4 is 0 Å². The topological polar surface area (TPSA) is 160 Å². The summed E-state index contributed by atoms with van der Waals surface area (Å²) < 4.78 is 120. The Morgan fingerprint density at radius 3 is 1.96 bits per heavy atom. The quantitative estimate of drug-likeness (QED) is 0.128. The van der Waals surface area contributed by atoms with Crippen molar-refractivity contribution in [3.8, 4) is 0 Å². The number of halogens is 5. The van der Waals surface area contributed by atoms with Gasteiger partial charge in [-0.15, -0.1) is 0 Å². The molecule has 4 fully saturated rings. The van der Waals surface area contributed by atoms with Crippen LogP contribution in [0.5, 0.6) is 0 Å². The minimum absolute atomic E-state index is 0.0210. The summed E-state index contributed by atoms with van der Waals surface area (Å²) in [5.74, 6) is -4.09. The molecule has 0 amide bonds. The fraction of sp³-hybridized carbons (Fsp3) is 0.875. The first-order valence-corrected chi connectivity index (χ1v) is 18.0. The van der Waals surface area contributed by atoms with Crippen molar-refractivity contribution in [2.75, 3.05) is 0 Å². The first-order chi connectivity index (χ1) is 22.5. The van der Waals surface area contributed by atoms with E-state index in [2.05, 4.69) is 11.7 Å². The summed E-state index contributed by atoms with van der Waals surface area (Å²) in [5.41, 5.74) is -0.242. The fourth-order valence-corrected chi connectivity index (χ4v) is 10.2. The molecule has 0 aliphatic heterocycles. The van der Waals surface area contributed by atoms with E-state index in [1.54, 1.807) is 6.92 Å². The molecule has 0 heterocycles. The van der Waals surface area contributed by atoms with Crippen LogP contribution in [0.1, 0.15) is 92.4 Å². The van der Waals surface area contributed by atoms with Gasteiger partial charge in [0.2, 0.25) is 0 Å². The highest BCUT2D eigenvalue weighted by atomic mass is 32.2. The molecule has 0 radical (unpaired) electrons. The molecule has 2 unspecified atom stereocenters. The third-order valence-corrected chi connectivity index (χ3v) is 12.6. The number of alkyl halides is 5. The first kappa shape index (κ1) is 39.2. The molecule has 4 aliphatic carbocycles. The van der Waals surface area contributed by atoms with E-state index in [4.69, 9.17) is 18.8 Å². The molecule has 11 nitrogen and oxygen atoms in total. The molecule has 0 spiro atoms. The van der Waals surface area contributed by atoms with Crippen LogP contribution in [0.3, 0.4) is 0 Å². The number of hydrogen-bond acceptors (Lipinski definition) is 10. The van der Waals surface area contributed by atoms with Crippen molar-refractivity contribution >= 4 is 34.0 Å². The van der Waals surface area contributed by atoms with E-state index >= 15 is 0 Å². The molecule has 4 saturated carbocycles. The van der Waals surface area contributed by atoms with Gasteiger partial charge in [0.1, 0.15) is 18.3 Å². The third-order valence-electron chi connectivity index (χ3n) is 11.7. The molecule has 17 heteroatoms. The molecular formula is C32H45F5O11S. The Bertz CT molecular complexity index is 1390. The molecule has 0 aromatic heterocycles. The average Bonchev–Trinajstić information content (AvgIpc) is 3.39. The van der Waals surface area contributed by atoms with Crippen LogP contribution in [0.25, 0.3) is 0 Å². The second-order valence-corrected chi connectivity index (χ2v) is 16.1. The predicted molar refractivity (Wildman–Crippen MR) is 159 cm³/mol. The monoisotopic (exact) mass is 732 g/mol. The smallest absolute Gasteiger partial charge is 0.432 e. The maximum Gasteiger partial charge on any atom is 0.432 e. The number of hydrogen-bond donors (Lipinski definition) is 1. The number of esters is 4. The zero-order valence-corrected chi connectivity index (χ0v) is 28.9. The molecule has 1 N–H and O–H groups in total. The Kier molecular flexibility index (Phi) is 11.4. The zero-order valence-electron chi connectivity index (χ0n) is 28.0. The average molecular weight is 733 g/mol. The Labute approximate surface area is 282 Å². The minimum Gasteiger partial charge on any atom is -0.463 e. The van der Waals surface area contributed by atoms with Crippen molar-refractivity contribution in [3.05, 3.63) is 0 Å². The summed E-state index contributed by atoms with van der Waals surface area (Å²) in [5, 5.41) is -5.82. The first-order valence-electron chi connectivity index (χ1n) is 16.6. The summed E-state index contributed by atoms with van der Waals surface area (Å²) in [7, 11) is -6.57. The Balaban J connectivity index is 1.56. The lowest BCUT2D eigenvalue weighted by molar-refractivity contribution is -0.259. The largest absolute Gasteiger partial charge is 0.463 e. The summed E-state index contributed by atoms with van der Waals surface area (Å²) in [6, 6.07) is 0. The Morgan fingerprint density at radius 2 is 1.43 bits per heavy atom. The van der Waals surface area contributed by atoms with Crippen LogP contribution in [0.2, 0.25) is 0 Å². The van der Waals surface area contributed by atoms with Crippen LogP contribution >= 0.6 is 0 Å². The molecule has 0 saturated heterocycles. The van der Waals surface area contributed by atoms with Crippen LogP contribution in [0, 0.1) is 46.8 Å². The Morgan fingerprint density at radius 1 is 0.857 bits per heavy atom. The van der Waals surface area contributed by atoms with Crippen molar-refractivity contribution in [2.45, 2.75) is 128 Å². The third kappa shape index (κ3) is 8.17. The van der Waals surface area contributed by atoms with Crippen molar-refractivity contribution in [2.24, 2.45) is 46.8 Å². The van der Waals surface area contributed by atoms with Gasteiger partial charge in [-0.2, -0.15) is 30.4 Å². The molecule has 4 rings (SSSR count). The van der Waals surface area contributed by atoms with Gasteiger partial charge in [-0.1, -0.05) is 13.8 Å². The van der Waals surface area contributed by atoms with Gasteiger partial charge in [0, 0.05) is 39.0 Å². The van der Waals surface area contributed by atoms with E-state index in [1.807, 2.05) is 0 Å². The molecule has 0 bridgehead atoms. The molecule has 0 aromatic carbocycles. The standard InChI is InChI=1S/C32H45F5O11S/c1-15(6-9-26(41)48-29(31(33,34)35)32(36,37)49(42,43)44)21-7-8-22-27(21)25(47-18(4)40)14-23-28(22)24(46-17(3)39)13-19-12-20(45-16(2)38)10-11-30(19,23)5/h15,19-25,27-29H,6-14H2,1-5H3,(H,42,43,44)/t15?,19-,20+,21+,22+,23-,24+,25-,27+,28-,29?,30-/m0/s1. The second-order valence-electron chi connectivity index (χ2n) is 14.6. The van der Waals surface area contributed by atoms with Gasteiger partial charge in [-0.05, 0) is 86.4 Å². The maximum absolute atomic E-state index is 13.9. The molecule has 12 atom stereocenters. The van der Waals surface area contributed by atoms with Crippen molar-refractivity contribution in [3.63, 3.8) is 0 Å². The van der Waals surface area contributed by atoms with Gasteiger partial charge >= 0.3 is 45.4 Å². The zero-order chi connectivity index (χ0) is 36.9. The minimum atomic E-state index is -6.57. The molecule has 0 aromatic rings. The maximum atomic E-state index is 13.9. The Hall–Kier alpha value is -2.56. The highest BCUT2D eigenvalue weighted by Gasteiger charge is 2.66. The van der Waals surface area contributed by atoms with Crippen LogP contribution in [-0.2, 0) is 48.2 Å². The lowest BCUT2D eigenvalue weighted by Crippen LogP contribution is -2.60. The molecule has 49 heavy (non-hydrogen) atoms. The highest BCUT2D eigenvalue weighted by molar-refractivity contribution is 7.86. The van der Waals surface area contributed by atoms with E-state index in [1.165, 1.54) is 20.8 Å². The van der Waals surface area contributed by atoms with Crippen LogP contribution in [0.15, 0.2) is 0 Å². The van der Waals surface area contributed by atoms with Crippen molar-refractivity contribution < 1.29 is 73.0 Å². The van der Waals surface area contributed by atoms with Gasteiger partial charge in [-0.3, -0.25) is 23.7 Å². The second kappa shape index (κ2) is 14.2. The van der Waals surface area contributed by atoms with Gasteiger partial charge in [0.15, 0.2) is 0 Å². The van der Waals surface area contributed by atoms with Crippen LogP contribution in [-0.4, -0.2) is 72.7 Å². The predicted octanol–water partition coefficient (Wildman–Crippen LogP) is 5.64. The lowest BCUT2D eigenvalue weighted by Gasteiger charge is -2.61. The molecular weight excluding hydrogens is 687 g/mol. The van der Waals surface area contributed by atoms with Gasteiger partial charge in [0.25, 0.3) is 6.10 Å². The van der Waals surface area contributed by atoms with Gasteiger partial charge < -0.3 is 18.9 Å². The van der Waals surface area contributed by atoms with E-state index < -0.39 is 70.1 Å². The van der Waals surface area contributed by atoms with Crippen molar-refractivity contribution in [1.82, 2.24) is 0 Å².